The summed E-state index contributed by atoms with van der Waals surface area (Å²) in [6.45, 7) is 0. The zero-order valence-corrected chi connectivity index (χ0v) is 7.10. The minimum atomic E-state index is -1.24. The molecule has 1 unspecified atom stereocenters. The Kier molecular flexibility index (Phi) is 1.75. The number of aliphatic hydroxyl groups is 1. The summed E-state index contributed by atoms with van der Waals surface area (Å²) in [6.07, 6.45) is -1.24. The van der Waals surface area contributed by atoms with Gasteiger partial charge in [0, 0.05) is 5.56 Å². The van der Waals surface area contributed by atoms with Gasteiger partial charge in [-0.2, -0.15) is 0 Å². The highest BCUT2D eigenvalue weighted by Crippen LogP contribution is 2.34. The summed E-state index contributed by atoms with van der Waals surface area (Å²) in [6, 6.07) is 2.33. The van der Waals surface area contributed by atoms with Crippen molar-refractivity contribution in [1.29, 1.82) is 0 Å². The number of carbonyl (C=O) groups is 1. The molecule has 1 aliphatic rings. The molecule has 2 N–H and O–H groups in total. The molecule has 0 radical (unpaired) electrons. The average molecular weight is 202 g/mol. The normalized spacial score (nSPS) is 19.9. The van der Waals surface area contributed by atoms with Crippen LogP contribution in [0, 0.1) is 5.82 Å². The Balaban J connectivity index is 2.59. The first-order valence-corrected chi connectivity index (χ1v) is 3.95. The molecule has 3 nitrogen and oxygen atoms in total. The number of fused-ring (bicyclic) bond motifs is 1. The monoisotopic (exact) mass is 201 g/mol. The van der Waals surface area contributed by atoms with Crippen molar-refractivity contribution in [1.82, 2.24) is 0 Å². The van der Waals surface area contributed by atoms with Crippen molar-refractivity contribution in [3.05, 3.63) is 28.5 Å². The van der Waals surface area contributed by atoms with Gasteiger partial charge in [0.1, 0.15) is 5.82 Å². The van der Waals surface area contributed by atoms with E-state index < -0.39 is 17.8 Å². The topological polar surface area (TPSA) is 49.3 Å². The van der Waals surface area contributed by atoms with Crippen LogP contribution in [-0.4, -0.2) is 11.0 Å². The maximum Gasteiger partial charge on any atom is 0.257 e. The van der Waals surface area contributed by atoms with Crippen LogP contribution in [0.5, 0.6) is 0 Å². The van der Waals surface area contributed by atoms with Gasteiger partial charge in [-0.15, -0.1) is 0 Å². The van der Waals surface area contributed by atoms with Gasteiger partial charge in [0.15, 0.2) is 6.10 Å². The van der Waals surface area contributed by atoms with E-state index in [1.165, 1.54) is 6.07 Å². The maximum absolute atomic E-state index is 12.9. The molecule has 0 saturated heterocycles. The van der Waals surface area contributed by atoms with E-state index in [2.05, 4.69) is 5.32 Å². The van der Waals surface area contributed by atoms with Gasteiger partial charge >= 0.3 is 0 Å². The molecule has 68 valence electrons. The highest BCUT2D eigenvalue weighted by Gasteiger charge is 2.29. The second kappa shape index (κ2) is 2.68. The van der Waals surface area contributed by atoms with Crippen molar-refractivity contribution >= 4 is 23.2 Å². The van der Waals surface area contributed by atoms with Crippen LogP contribution in [0.15, 0.2) is 12.1 Å². The molecule has 1 atom stereocenters. The second-order valence-corrected chi connectivity index (χ2v) is 3.15. The summed E-state index contributed by atoms with van der Waals surface area (Å²) < 4.78 is 12.9. The molecule has 0 spiro atoms. The lowest BCUT2D eigenvalue weighted by molar-refractivity contribution is -0.123. The van der Waals surface area contributed by atoms with E-state index in [4.69, 9.17) is 11.6 Å². The number of halogens is 2. The second-order valence-electron chi connectivity index (χ2n) is 2.75. The van der Waals surface area contributed by atoms with Crippen molar-refractivity contribution in [2.45, 2.75) is 6.10 Å². The third kappa shape index (κ3) is 1.18. The summed E-state index contributed by atoms with van der Waals surface area (Å²) in [7, 11) is 0. The number of carbonyl (C=O) groups excluding carboxylic acids is 1. The third-order valence-corrected chi connectivity index (χ3v) is 2.18. The number of rotatable bonds is 0. The molecule has 0 aliphatic carbocycles. The predicted molar refractivity (Wildman–Crippen MR) is 45.0 cm³/mol. The Bertz CT molecular complexity index is 394. The number of aliphatic hydroxyl groups excluding tert-OH is 1. The lowest BCUT2D eigenvalue weighted by Crippen LogP contribution is -2.10. The fraction of sp³-hybridized carbons (Fsp3) is 0.125. The first-order chi connectivity index (χ1) is 6.09. The Morgan fingerprint density at radius 2 is 2.23 bits per heavy atom. The fourth-order valence-electron chi connectivity index (χ4n) is 1.24. The van der Waals surface area contributed by atoms with Crippen LogP contribution in [0.3, 0.4) is 0 Å². The van der Waals surface area contributed by atoms with Crippen molar-refractivity contribution in [2.24, 2.45) is 0 Å². The Labute approximate surface area is 78.1 Å². The van der Waals surface area contributed by atoms with E-state index in [0.29, 0.717) is 5.56 Å². The first-order valence-electron chi connectivity index (χ1n) is 3.57. The summed E-state index contributed by atoms with van der Waals surface area (Å²) >= 11 is 5.48. The minimum Gasteiger partial charge on any atom is -0.378 e. The number of nitrogens with one attached hydrogen (secondary N) is 1. The molecule has 1 aliphatic heterocycles. The van der Waals surface area contributed by atoms with Gasteiger partial charge in [0.25, 0.3) is 5.91 Å². The van der Waals surface area contributed by atoms with Gasteiger partial charge in [-0.1, -0.05) is 11.6 Å². The number of amides is 1. The van der Waals surface area contributed by atoms with E-state index in [1.54, 1.807) is 0 Å². The van der Waals surface area contributed by atoms with Crippen LogP contribution in [0.1, 0.15) is 11.7 Å². The SMILES string of the molecule is O=C1Nc2cc(F)c(Cl)cc2C1O. The molecule has 1 aromatic rings. The van der Waals surface area contributed by atoms with Crippen molar-refractivity contribution in [2.75, 3.05) is 5.32 Å². The van der Waals surface area contributed by atoms with Crippen LogP contribution in [0.4, 0.5) is 10.1 Å². The highest BCUT2D eigenvalue weighted by molar-refractivity contribution is 6.31. The summed E-state index contributed by atoms with van der Waals surface area (Å²) in [5.74, 6) is -1.17. The first kappa shape index (κ1) is 8.47. The molecule has 0 fully saturated rings. The Morgan fingerprint density at radius 3 is 2.92 bits per heavy atom. The summed E-state index contributed by atoms with van der Waals surface area (Å²) in [5.41, 5.74) is 0.593. The molecular weight excluding hydrogens is 197 g/mol. The Morgan fingerprint density at radius 1 is 1.54 bits per heavy atom. The van der Waals surface area contributed by atoms with E-state index in [1.807, 2.05) is 0 Å². The van der Waals surface area contributed by atoms with E-state index in [-0.39, 0.29) is 10.7 Å². The number of hydrogen-bond acceptors (Lipinski definition) is 2. The zero-order valence-electron chi connectivity index (χ0n) is 6.34. The molecule has 1 heterocycles. The van der Waals surface area contributed by atoms with Crippen LogP contribution in [0.2, 0.25) is 5.02 Å². The number of benzene rings is 1. The van der Waals surface area contributed by atoms with Crippen molar-refractivity contribution in [3.63, 3.8) is 0 Å². The molecular formula is C8H5ClFNO2. The lowest BCUT2D eigenvalue weighted by Gasteiger charge is -2.01. The number of anilines is 1. The van der Waals surface area contributed by atoms with Crippen molar-refractivity contribution in [3.8, 4) is 0 Å². The molecule has 2 rings (SSSR count). The van der Waals surface area contributed by atoms with Gasteiger partial charge < -0.3 is 10.4 Å². The van der Waals surface area contributed by atoms with Crippen LogP contribution < -0.4 is 5.32 Å². The van der Waals surface area contributed by atoms with E-state index >= 15 is 0 Å². The minimum absolute atomic E-state index is 0.102. The smallest absolute Gasteiger partial charge is 0.257 e. The molecule has 0 saturated carbocycles. The van der Waals surface area contributed by atoms with Gasteiger partial charge in [-0.25, -0.2) is 4.39 Å². The zero-order chi connectivity index (χ0) is 9.59. The molecule has 1 aromatic carbocycles. The molecule has 0 aromatic heterocycles. The predicted octanol–water partition coefficient (Wildman–Crippen LogP) is 1.46. The quantitative estimate of drug-likeness (QED) is 0.668. The maximum atomic E-state index is 12.9. The van der Waals surface area contributed by atoms with Gasteiger partial charge in [-0.05, 0) is 12.1 Å². The summed E-state index contributed by atoms with van der Waals surface area (Å²) in [4.78, 5) is 10.9. The average Bonchev–Trinajstić information content (AvgIpc) is 2.32. The van der Waals surface area contributed by atoms with Gasteiger partial charge in [-0.3, -0.25) is 4.79 Å². The molecule has 0 bridgehead atoms. The van der Waals surface area contributed by atoms with Crippen LogP contribution in [0.25, 0.3) is 0 Å². The largest absolute Gasteiger partial charge is 0.378 e. The molecule has 5 heteroatoms. The third-order valence-electron chi connectivity index (χ3n) is 1.89. The van der Waals surface area contributed by atoms with Crippen LogP contribution >= 0.6 is 11.6 Å². The van der Waals surface area contributed by atoms with Crippen molar-refractivity contribution < 1.29 is 14.3 Å². The van der Waals surface area contributed by atoms with Gasteiger partial charge in [0.05, 0.1) is 10.7 Å². The molecule has 13 heavy (non-hydrogen) atoms. The van der Waals surface area contributed by atoms with E-state index in [9.17, 15) is 14.3 Å². The van der Waals surface area contributed by atoms with E-state index in [0.717, 1.165) is 6.07 Å². The lowest BCUT2D eigenvalue weighted by atomic mass is 10.1. The summed E-state index contributed by atoms with van der Waals surface area (Å²) in [5, 5.41) is 11.5. The van der Waals surface area contributed by atoms with Crippen LogP contribution in [-0.2, 0) is 4.79 Å². The number of hydrogen-bond donors (Lipinski definition) is 2. The fourth-order valence-corrected chi connectivity index (χ4v) is 1.41. The molecule has 1 amide bonds. The Hall–Kier alpha value is -1.13. The van der Waals surface area contributed by atoms with Gasteiger partial charge in [0.2, 0.25) is 0 Å². The highest BCUT2D eigenvalue weighted by atomic mass is 35.5. The standard InChI is InChI=1S/C8H5ClFNO2/c9-4-1-3-6(2-5(4)10)11-8(13)7(3)12/h1-2,7,12H,(H,11,13).